The lowest BCUT2D eigenvalue weighted by molar-refractivity contribution is -0.150. The maximum atomic E-state index is 12.0. The van der Waals surface area contributed by atoms with Gasteiger partial charge in [-0.05, 0) is 46.7 Å². The first-order chi connectivity index (χ1) is 7.47. The van der Waals surface area contributed by atoms with Crippen molar-refractivity contribution in [1.82, 2.24) is 4.90 Å². The summed E-state index contributed by atoms with van der Waals surface area (Å²) >= 11 is 0. The van der Waals surface area contributed by atoms with E-state index in [4.69, 9.17) is 4.74 Å². The second-order valence-corrected chi connectivity index (χ2v) is 5.68. The van der Waals surface area contributed by atoms with E-state index < -0.39 is 0 Å². The largest absolute Gasteiger partial charge is 0.462 e. The van der Waals surface area contributed by atoms with Gasteiger partial charge in [-0.1, -0.05) is 6.92 Å². The molecule has 0 aliphatic carbocycles. The van der Waals surface area contributed by atoms with Crippen LogP contribution in [0, 0.1) is 11.3 Å². The Morgan fingerprint density at radius 3 is 2.25 bits per heavy atom. The first-order valence-corrected chi connectivity index (χ1v) is 6.42. The van der Waals surface area contributed by atoms with E-state index in [1.54, 1.807) is 0 Å². The molecule has 3 nitrogen and oxygen atoms in total. The predicted octanol–water partition coefficient (Wildman–Crippen LogP) is 2.06. The van der Waals surface area contributed by atoms with Crippen molar-refractivity contribution < 1.29 is 9.53 Å². The molecule has 0 bridgehead atoms. The van der Waals surface area contributed by atoms with Gasteiger partial charge >= 0.3 is 5.97 Å². The van der Waals surface area contributed by atoms with Gasteiger partial charge in [0.2, 0.25) is 0 Å². The molecule has 0 amide bonds. The van der Waals surface area contributed by atoms with E-state index in [2.05, 4.69) is 25.7 Å². The second kappa shape index (κ2) is 4.02. The van der Waals surface area contributed by atoms with E-state index in [0.29, 0.717) is 12.0 Å². The van der Waals surface area contributed by atoms with Crippen LogP contribution in [0.15, 0.2) is 0 Å². The number of likely N-dealkylation sites (tertiary alicyclic amines) is 1. The number of piperidine rings is 1. The van der Waals surface area contributed by atoms with Gasteiger partial charge in [0.15, 0.2) is 0 Å². The molecule has 16 heavy (non-hydrogen) atoms. The zero-order chi connectivity index (χ0) is 11.9. The smallest absolute Gasteiger partial charge is 0.312 e. The highest BCUT2D eigenvalue weighted by Crippen LogP contribution is 2.47. The highest BCUT2D eigenvalue weighted by atomic mass is 16.6. The fourth-order valence-corrected chi connectivity index (χ4v) is 3.12. The van der Waals surface area contributed by atoms with Gasteiger partial charge in [-0.2, -0.15) is 0 Å². The van der Waals surface area contributed by atoms with Crippen LogP contribution in [0.3, 0.4) is 0 Å². The maximum Gasteiger partial charge on any atom is 0.312 e. The number of cyclic esters (lactones) is 1. The number of hydrogen-bond donors (Lipinski definition) is 0. The van der Waals surface area contributed by atoms with Gasteiger partial charge in [-0.3, -0.25) is 4.79 Å². The number of ether oxygens (including phenoxy) is 1. The zero-order valence-electron chi connectivity index (χ0n) is 10.8. The van der Waals surface area contributed by atoms with Crippen LogP contribution in [0.2, 0.25) is 0 Å². The lowest BCUT2D eigenvalue weighted by Crippen LogP contribution is -2.47. The molecular weight excluding hydrogens is 202 g/mol. The van der Waals surface area contributed by atoms with Gasteiger partial charge in [0.25, 0.3) is 0 Å². The van der Waals surface area contributed by atoms with Crippen molar-refractivity contribution in [3.63, 3.8) is 0 Å². The van der Waals surface area contributed by atoms with E-state index in [9.17, 15) is 4.79 Å². The van der Waals surface area contributed by atoms with Crippen molar-refractivity contribution in [2.24, 2.45) is 11.3 Å². The summed E-state index contributed by atoms with van der Waals surface area (Å²) in [5, 5.41) is 0. The fourth-order valence-electron chi connectivity index (χ4n) is 3.12. The molecule has 2 aliphatic heterocycles. The zero-order valence-corrected chi connectivity index (χ0v) is 10.8. The van der Waals surface area contributed by atoms with Gasteiger partial charge in [-0.15, -0.1) is 0 Å². The Balaban J connectivity index is 2.09. The predicted molar refractivity (Wildman–Crippen MR) is 63.1 cm³/mol. The normalized spacial score (nSPS) is 34.7. The van der Waals surface area contributed by atoms with Gasteiger partial charge in [0, 0.05) is 12.0 Å². The minimum absolute atomic E-state index is 0.0518. The summed E-state index contributed by atoms with van der Waals surface area (Å²) in [6.07, 6.45) is 2.03. The molecule has 0 N–H and O–H groups in total. The van der Waals surface area contributed by atoms with Crippen molar-refractivity contribution in [2.45, 2.75) is 52.7 Å². The summed E-state index contributed by atoms with van der Waals surface area (Å²) in [6, 6.07) is 0.586. The van der Waals surface area contributed by atoms with E-state index in [0.717, 1.165) is 25.9 Å². The summed E-state index contributed by atoms with van der Waals surface area (Å²) in [6.45, 7) is 10.7. The molecule has 2 saturated heterocycles. The molecule has 2 fully saturated rings. The van der Waals surface area contributed by atoms with Crippen LogP contribution >= 0.6 is 0 Å². The summed E-state index contributed by atoms with van der Waals surface area (Å²) in [4.78, 5) is 14.5. The molecule has 2 rings (SSSR count). The lowest BCUT2D eigenvalue weighted by atomic mass is 9.69. The number of carbonyl (C=O) groups excluding carboxylic acids is 1. The molecule has 92 valence electrons. The third-order valence-corrected chi connectivity index (χ3v) is 4.70. The Morgan fingerprint density at radius 2 is 1.88 bits per heavy atom. The van der Waals surface area contributed by atoms with Gasteiger partial charge < -0.3 is 9.64 Å². The molecule has 0 aromatic carbocycles. The Kier molecular flexibility index (Phi) is 2.99. The van der Waals surface area contributed by atoms with E-state index in [1.807, 2.05) is 6.92 Å². The highest BCUT2D eigenvalue weighted by molar-refractivity contribution is 5.79. The van der Waals surface area contributed by atoms with E-state index in [-0.39, 0.29) is 17.5 Å². The van der Waals surface area contributed by atoms with Gasteiger partial charge in [0.05, 0.1) is 5.41 Å². The molecule has 1 spiro atoms. The molecule has 0 aromatic heterocycles. The highest BCUT2D eigenvalue weighted by Gasteiger charge is 2.54. The minimum atomic E-state index is -0.176. The number of rotatable bonds is 1. The molecule has 2 atom stereocenters. The number of esters is 1. The summed E-state index contributed by atoms with van der Waals surface area (Å²) in [7, 11) is 0. The van der Waals surface area contributed by atoms with Gasteiger partial charge in [0.1, 0.15) is 6.10 Å². The summed E-state index contributed by atoms with van der Waals surface area (Å²) in [5.41, 5.74) is -0.176. The quantitative estimate of drug-likeness (QED) is 0.640. The van der Waals surface area contributed by atoms with Crippen molar-refractivity contribution >= 4 is 5.97 Å². The minimum Gasteiger partial charge on any atom is -0.462 e. The average molecular weight is 225 g/mol. The lowest BCUT2D eigenvalue weighted by Gasteiger charge is -2.40. The number of nitrogens with zero attached hydrogens (tertiary/aromatic N) is 1. The summed E-state index contributed by atoms with van der Waals surface area (Å²) < 4.78 is 5.41. The average Bonchev–Trinajstić information content (AvgIpc) is 2.45. The van der Waals surface area contributed by atoms with Crippen molar-refractivity contribution in [3.05, 3.63) is 0 Å². The Labute approximate surface area is 98.1 Å². The third-order valence-electron chi connectivity index (χ3n) is 4.70. The van der Waals surface area contributed by atoms with Crippen LogP contribution in [-0.2, 0) is 9.53 Å². The third kappa shape index (κ3) is 1.65. The molecule has 2 unspecified atom stereocenters. The molecule has 0 radical (unpaired) electrons. The molecule has 0 aromatic rings. The van der Waals surface area contributed by atoms with Crippen LogP contribution in [0.1, 0.15) is 40.5 Å². The molecule has 2 heterocycles. The fraction of sp³-hybridized carbons (Fsp3) is 0.923. The van der Waals surface area contributed by atoms with Crippen LogP contribution < -0.4 is 0 Å². The topological polar surface area (TPSA) is 29.5 Å². The Hall–Kier alpha value is -0.570. The van der Waals surface area contributed by atoms with Crippen molar-refractivity contribution in [1.29, 1.82) is 0 Å². The van der Waals surface area contributed by atoms with Crippen molar-refractivity contribution in [3.8, 4) is 0 Å². The first-order valence-electron chi connectivity index (χ1n) is 6.42. The molecule has 2 aliphatic rings. The van der Waals surface area contributed by atoms with Crippen LogP contribution in [0.5, 0.6) is 0 Å². The first kappa shape index (κ1) is 11.9. The van der Waals surface area contributed by atoms with Crippen LogP contribution in [-0.4, -0.2) is 36.1 Å². The molecule has 3 heteroatoms. The number of carbonyl (C=O) groups is 1. The second-order valence-electron chi connectivity index (χ2n) is 5.68. The standard InChI is InChI=1S/C13H23NO2/c1-9(2)14-7-5-13(6-8-14)10(3)11(4)16-12(13)15/h9-11H,5-8H2,1-4H3. The Morgan fingerprint density at radius 1 is 1.31 bits per heavy atom. The molecular formula is C13H23NO2. The number of hydrogen-bond acceptors (Lipinski definition) is 3. The molecule has 0 saturated carbocycles. The monoisotopic (exact) mass is 225 g/mol. The van der Waals surface area contributed by atoms with Crippen molar-refractivity contribution in [2.75, 3.05) is 13.1 Å². The summed E-state index contributed by atoms with van der Waals surface area (Å²) in [5.74, 6) is 0.421. The van der Waals surface area contributed by atoms with Crippen LogP contribution in [0.25, 0.3) is 0 Å². The van der Waals surface area contributed by atoms with E-state index in [1.165, 1.54) is 0 Å². The van der Waals surface area contributed by atoms with E-state index >= 15 is 0 Å². The Bertz CT molecular complexity index is 280. The maximum absolute atomic E-state index is 12.0. The van der Waals surface area contributed by atoms with Gasteiger partial charge in [-0.25, -0.2) is 0 Å². The SMILES string of the molecule is CC1OC(=O)C2(CCN(C(C)C)CC2)C1C. The van der Waals surface area contributed by atoms with Crippen LogP contribution in [0.4, 0.5) is 0 Å².